The highest BCUT2D eigenvalue weighted by atomic mass is 79.9. The minimum atomic E-state index is -4.51. The van der Waals surface area contributed by atoms with Crippen LogP contribution < -0.4 is 5.32 Å². The van der Waals surface area contributed by atoms with Gasteiger partial charge in [0.2, 0.25) is 0 Å². The lowest BCUT2D eigenvalue weighted by molar-refractivity contribution is -0.137. The van der Waals surface area contributed by atoms with E-state index in [9.17, 15) is 22.8 Å². The summed E-state index contributed by atoms with van der Waals surface area (Å²) in [6.07, 6.45) is -5.67. The van der Waals surface area contributed by atoms with Crippen molar-refractivity contribution in [3.05, 3.63) is 50.6 Å². The standard InChI is InChI=1S/C15H11BrF3NO3S/c1-8(23-14(22)11-5-6-12(16)24-11)13(21)20-10-4-2-3-9(7-10)15(17,18)19/h2-8H,1H3,(H,20,21). The Kier molecular flexibility index (Phi) is 5.66. The Morgan fingerprint density at radius 2 is 1.96 bits per heavy atom. The van der Waals surface area contributed by atoms with Crippen molar-refractivity contribution in [3.63, 3.8) is 0 Å². The van der Waals surface area contributed by atoms with E-state index in [0.29, 0.717) is 4.88 Å². The average Bonchev–Trinajstić information content (AvgIpc) is 2.93. The molecule has 0 aliphatic rings. The number of ether oxygens (including phenoxy) is 1. The van der Waals surface area contributed by atoms with Crippen molar-refractivity contribution in [2.24, 2.45) is 0 Å². The van der Waals surface area contributed by atoms with Gasteiger partial charge >= 0.3 is 12.1 Å². The Morgan fingerprint density at radius 1 is 1.25 bits per heavy atom. The molecule has 0 aliphatic carbocycles. The van der Waals surface area contributed by atoms with Crippen LogP contribution in [0.15, 0.2) is 40.2 Å². The van der Waals surface area contributed by atoms with Crippen LogP contribution >= 0.6 is 27.3 Å². The van der Waals surface area contributed by atoms with Crippen molar-refractivity contribution in [1.82, 2.24) is 0 Å². The van der Waals surface area contributed by atoms with Crippen LogP contribution in [0.25, 0.3) is 0 Å². The molecule has 1 heterocycles. The third kappa shape index (κ3) is 4.81. The Morgan fingerprint density at radius 3 is 2.54 bits per heavy atom. The molecule has 0 fully saturated rings. The number of carbonyl (C=O) groups is 2. The van der Waals surface area contributed by atoms with Crippen LogP contribution in [0.5, 0.6) is 0 Å². The second-order valence-corrected chi connectivity index (χ2v) is 7.18. The number of hydrogen-bond donors (Lipinski definition) is 1. The molecule has 1 aromatic heterocycles. The zero-order chi connectivity index (χ0) is 17.9. The van der Waals surface area contributed by atoms with Crippen molar-refractivity contribution in [2.75, 3.05) is 5.32 Å². The Balaban J connectivity index is 2.00. The van der Waals surface area contributed by atoms with Gasteiger partial charge < -0.3 is 10.1 Å². The molecule has 9 heteroatoms. The molecule has 24 heavy (non-hydrogen) atoms. The molecule has 0 spiro atoms. The number of benzene rings is 1. The lowest BCUT2D eigenvalue weighted by Crippen LogP contribution is -2.29. The summed E-state index contributed by atoms with van der Waals surface area (Å²) in [6, 6.07) is 7.40. The Hall–Kier alpha value is -1.87. The summed E-state index contributed by atoms with van der Waals surface area (Å²) in [7, 11) is 0. The molecule has 0 bridgehead atoms. The van der Waals surface area contributed by atoms with Gasteiger partial charge in [0.15, 0.2) is 6.10 Å². The molecular formula is C15H11BrF3NO3S. The van der Waals surface area contributed by atoms with E-state index >= 15 is 0 Å². The molecule has 4 nitrogen and oxygen atoms in total. The van der Waals surface area contributed by atoms with E-state index in [-0.39, 0.29) is 5.69 Å². The quantitative estimate of drug-likeness (QED) is 0.727. The molecule has 1 amide bonds. The van der Waals surface area contributed by atoms with E-state index in [1.807, 2.05) is 0 Å². The van der Waals surface area contributed by atoms with Crippen molar-refractivity contribution in [2.45, 2.75) is 19.2 Å². The summed E-state index contributed by atoms with van der Waals surface area (Å²) >= 11 is 4.35. The summed E-state index contributed by atoms with van der Waals surface area (Å²) < 4.78 is 43.7. The first kappa shape index (κ1) is 18.5. The van der Waals surface area contributed by atoms with Crippen LogP contribution in [0.4, 0.5) is 18.9 Å². The summed E-state index contributed by atoms with van der Waals surface area (Å²) in [5, 5.41) is 2.29. The first-order valence-electron chi connectivity index (χ1n) is 6.61. The van der Waals surface area contributed by atoms with Gasteiger partial charge in [-0.2, -0.15) is 13.2 Å². The lowest BCUT2D eigenvalue weighted by atomic mass is 10.2. The first-order chi connectivity index (χ1) is 11.2. The molecule has 2 aromatic rings. The number of alkyl halides is 3. The highest BCUT2D eigenvalue weighted by molar-refractivity contribution is 9.11. The van der Waals surface area contributed by atoms with E-state index in [2.05, 4.69) is 21.2 Å². The minimum absolute atomic E-state index is 0.0309. The fourth-order valence-electron chi connectivity index (χ4n) is 1.71. The van der Waals surface area contributed by atoms with Crippen LogP contribution in [0.1, 0.15) is 22.2 Å². The zero-order valence-corrected chi connectivity index (χ0v) is 14.6. The van der Waals surface area contributed by atoms with E-state index in [1.54, 1.807) is 6.07 Å². The minimum Gasteiger partial charge on any atom is -0.448 e. The SMILES string of the molecule is CC(OC(=O)c1ccc(Br)s1)C(=O)Nc1cccc(C(F)(F)F)c1. The molecule has 1 unspecified atom stereocenters. The molecule has 0 aliphatic heterocycles. The van der Waals surface area contributed by atoms with E-state index in [0.717, 1.165) is 27.3 Å². The van der Waals surface area contributed by atoms with E-state index in [4.69, 9.17) is 4.74 Å². The van der Waals surface area contributed by atoms with Crippen LogP contribution in [-0.4, -0.2) is 18.0 Å². The number of halogens is 4. The maximum absolute atomic E-state index is 12.6. The number of rotatable bonds is 4. The summed E-state index contributed by atoms with van der Waals surface area (Å²) in [5.41, 5.74) is -0.912. The smallest absolute Gasteiger partial charge is 0.416 e. The van der Waals surface area contributed by atoms with E-state index in [1.165, 1.54) is 25.1 Å². The lowest BCUT2D eigenvalue weighted by Gasteiger charge is -2.14. The van der Waals surface area contributed by atoms with Crippen molar-refractivity contribution < 1.29 is 27.5 Å². The Bertz CT molecular complexity index is 760. The molecular weight excluding hydrogens is 411 g/mol. The largest absolute Gasteiger partial charge is 0.448 e. The summed E-state index contributed by atoms with van der Waals surface area (Å²) in [5.74, 6) is -1.41. The third-order valence-electron chi connectivity index (χ3n) is 2.88. The van der Waals surface area contributed by atoms with Gasteiger partial charge in [0.25, 0.3) is 5.91 Å². The van der Waals surface area contributed by atoms with Gasteiger partial charge in [-0.05, 0) is 53.2 Å². The highest BCUT2D eigenvalue weighted by Gasteiger charge is 2.30. The van der Waals surface area contributed by atoms with Gasteiger partial charge in [-0.25, -0.2) is 4.79 Å². The molecule has 1 atom stereocenters. The number of nitrogens with one attached hydrogen (secondary N) is 1. The first-order valence-corrected chi connectivity index (χ1v) is 8.22. The van der Waals surface area contributed by atoms with Crippen molar-refractivity contribution in [3.8, 4) is 0 Å². The van der Waals surface area contributed by atoms with Gasteiger partial charge in [-0.3, -0.25) is 4.79 Å². The van der Waals surface area contributed by atoms with Gasteiger partial charge in [-0.15, -0.1) is 11.3 Å². The normalized spacial score (nSPS) is 12.5. The highest BCUT2D eigenvalue weighted by Crippen LogP contribution is 2.30. The van der Waals surface area contributed by atoms with Crippen LogP contribution in [0.2, 0.25) is 0 Å². The fourth-order valence-corrected chi connectivity index (χ4v) is 2.98. The maximum Gasteiger partial charge on any atom is 0.416 e. The number of thiophene rings is 1. The molecule has 0 radical (unpaired) electrons. The molecule has 0 saturated carbocycles. The number of carbonyl (C=O) groups excluding carboxylic acids is 2. The van der Waals surface area contributed by atoms with Gasteiger partial charge in [0, 0.05) is 5.69 Å². The number of esters is 1. The average molecular weight is 422 g/mol. The molecule has 0 saturated heterocycles. The molecule has 128 valence electrons. The third-order valence-corrected chi connectivity index (χ3v) is 4.49. The van der Waals surface area contributed by atoms with E-state index < -0.39 is 29.7 Å². The fraction of sp³-hybridized carbons (Fsp3) is 0.200. The topological polar surface area (TPSA) is 55.4 Å². The predicted molar refractivity (Wildman–Crippen MR) is 87.0 cm³/mol. The van der Waals surface area contributed by atoms with Gasteiger partial charge in [0.05, 0.1) is 9.35 Å². The molecule has 1 N–H and O–H groups in total. The second kappa shape index (κ2) is 7.35. The number of amides is 1. The summed E-state index contributed by atoms with van der Waals surface area (Å²) in [4.78, 5) is 24.1. The Labute approximate surface area is 147 Å². The number of hydrogen-bond acceptors (Lipinski definition) is 4. The predicted octanol–water partition coefficient (Wildman–Crippen LogP) is 4.71. The monoisotopic (exact) mass is 421 g/mol. The van der Waals surface area contributed by atoms with Crippen LogP contribution in [0, 0.1) is 0 Å². The maximum atomic E-state index is 12.6. The zero-order valence-electron chi connectivity index (χ0n) is 12.2. The number of anilines is 1. The van der Waals surface area contributed by atoms with Gasteiger partial charge in [0.1, 0.15) is 4.88 Å². The van der Waals surface area contributed by atoms with Crippen molar-refractivity contribution >= 4 is 44.8 Å². The second-order valence-electron chi connectivity index (χ2n) is 4.72. The molecule has 1 aromatic carbocycles. The van der Waals surface area contributed by atoms with Crippen LogP contribution in [-0.2, 0) is 15.7 Å². The summed E-state index contributed by atoms with van der Waals surface area (Å²) in [6.45, 7) is 1.34. The van der Waals surface area contributed by atoms with Gasteiger partial charge in [-0.1, -0.05) is 6.07 Å². The van der Waals surface area contributed by atoms with Crippen LogP contribution in [0.3, 0.4) is 0 Å². The van der Waals surface area contributed by atoms with Crippen molar-refractivity contribution in [1.29, 1.82) is 0 Å². The molecule has 2 rings (SSSR count).